The first kappa shape index (κ1) is 27.5. The highest BCUT2D eigenvalue weighted by molar-refractivity contribution is 6.17. The second-order valence-corrected chi connectivity index (χ2v) is 12.5. The third kappa shape index (κ3) is 4.51. The molecule has 2 aromatic heterocycles. The fourth-order valence-corrected chi connectivity index (χ4v) is 7.32. The fourth-order valence-electron chi connectivity index (χ4n) is 7.32. The maximum absolute atomic E-state index is 6.77. The summed E-state index contributed by atoms with van der Waals surface area (Å²) < 4.78 is 12.9. The second-order valence-electron chi connectivity index (χ2n) is 12.5. The van der Waals surface area contributed by atoms with Gasteiger partial charge in [0, 0.05) is 33.1 Å². The van der Waals surface area contributed by atoms with Gasteiger partial charge in [0.05, 0.1) is 11.1 Å². The van der Waals surface area contributed by atoms with Crippen molar-refractivity contribution in [2.45, 2.75) is 0 Å². The van der Waals surface area contributed by atoms with Crippen molar-refractivity contribution in [1.82, 2.24) is 0 Å². The molecule has 2 heterocycles. The number of benzene rings is 8. The third-order valence-electron chi connectivity index (χ3n) is 9.63. The van der Waals surface area contributed by atoms with E-state index in [1.807, 2.05) is 18.2 Å². The zero-order valence-corrected chi connectivity index (χ0v) is 26.5. The minimum absolute atomic E-state index is 0.867. The van der Waals surface area contributed by atoms with E-state index >= 15 is 0 Å². The molecule has 230 valence electrons. The van der Waals surface area contributed by atoms with E-state index in [9.17, 15) is 0 Å². The van der Waals surface area contributed by atoms with E-state index in [1.54, 1.807) is 0 Å². The van der Waals surface area contributed by atoms with Crippen molar-refractivity contribution in [2.24, 2.45) is 0 Å². The topological polar surface area (TPSA) is 29.5 Å². The van der Waals surface area contributed by atoms with Crippen molar-refractivity contribution < 1.29 is 8.83 Å². The molecule has 0 aliphatic heterocycles. The van der Waals surface area contributed by atoms with Crippen LogP contribution in [-0.4, -0.2) is 0 Å². The van der Waals surface area contributed by atoms with Crippen LogP contribution in [0.3, 0.4) is 0 Å². The third-order valence-corrected chi connectivity index (χ3v) is 9.63. The summed E-state index contributed by atoms with van der Waals surface area (Å²) in [6.07, 6.45) is 0. The minimum Gasteiger partial charge on any atom is -0.456 e. The maximum Gasteiger partial charge on any atom is 0.145 e. The van der Waals surface area contributed by atoms with Crippen LogP contribution in [0.5, 0.6) is 0 Å². The molecule has 0 amide bonds. The Hall–Kier alpha value is -6.58. The van der Waals surface area contributed by atoms with Gasteiger partial charge in [-0.2, -0.15) is 0 Å². The monoisotopic (exact) mass is 627 g/mol. The first-order chi connectivity index (χ1) is 24.3. The zero-order chi connectivity index (χ0) is 32.3. The molecule has 0 atom stereocenters. The Morgan fingerprint density at radius 1 is 0.367 bits per heavy atom. The van der Waals surface area contributed by atoms with Crippen molar-refractivity contribution in [3.8, 4) is 22.3 Å². The van der Waals surface area contributed by atoms with Gasteiger partial charge in [-0.05, 0) is 94.2 Å². The lowest BCUT2D eigenvalue weighted by Crippen LogP contribution is -2.10. The number of fused-ring (bicyclic) bond motifs is 7. The van der Waals surface area contributed by atoms with Crippen LogP contribution in [0.4, 0.5) is 17.1 Å². The lowest BCUT2D eigenvalue weighted by molar-refractivity contribution is 0.669. The van der Waals surface area contributed by atoms with Crippen LogP contribution in [0.25, 0.3) is 76.9 Å². The smallest absolute Gasteiger partial charge is 0.145 e. The van der Waals surface area contributed by atoms with Crippen LogP contribution >= 0.6 is 0 Å². The summed E-state index contributed by atoms with van der Waals surface area (Å²) >= 11 is 0. The normalized spacial score (nSPS) is 11.7. The molecule has 0 spiro atoms. The molecule has 3 heteroatoms. The lowest BCUT2D eigenvalue weighted by Gasteiger charge is -2.27. The Kier molecular flexibility index (Phi) is 6.18. The molecule has 0 N–H and O–H groups in total. The van der Waals surface area contributed by atoms with Gasteiger partial charge in [0.15, 0.2) is 0 Å². The van der Waals surface area contributed by atoms with Gasteiger partial charge in [-0.25, -0.2) is 0 Å². The molecule has 0 saturated carbocycles. The quantitative estimate of drug-likeness (QED) is 0.190. The summed E-state index contributed by atoms with van der Waals surface area (Å²) in [6, 6.07) is 62.0. The molecule has 8 aromatic carbocycles. The maximum atomic E-state index is 6.77. The number of hydrogen-bond acceptors (Lipinski definition) is 3. The van der Waals surface area contributed by atoms with E-state index in [0.717, 1.165) is 83.2 Å². The first-order valence-electron chi connectivity index (χ1n) is 16.6. The van der Waals surface area contributed by atoms with Crippen LogP contribution in [0.1, 0.15) is 0 Å². The molecule has 0 radical (unpaired) electrons. The fraction of sp³-hybridized carbons (Fsp3) is 0. The molecule has 0 bridgehead atoms. The molecule has 3 nitrogen and oxygen atoms in total. The van der Waals surface area contributed by atoms with Gasteiger partial charge in [-0.3, -0.25) is 0 Å². The van der Waals surface area contributed by atoms with Crippen molar-refractivity contribution in [2.75, 3.05) is 4.90 Å². The Bertz CT molecular complexity index is 2840. The molecule has 49 heavy (non-hydrogen) atoms. The van der Waals surface area contributed by atoms with Crippen LogP contribution < -0.4 is 4.90 Å². The van der Waals surface area contributed by atoms with Crippen molar-refractivity contribution in [3.05, 3.63) is 176 Å². The van der Waals surface area contributed by atoms with Crippen molar-refractivity contribution in [1.29, 1.82) is 0 Å². The van der Waals surface area contributed by atoms with Crippen LogP contribution in [0.15, 0.2) is 185 Å². The van der Waals surface area contributed by atoms with E-state index in [0.29, 0.717) is 0 Å². The van der Waals surface area contributed by atoms with Gasteiger partial charge in [0.25, 0.3) is 0 Å². The number of hydrogen-bond donors (Lipinski definition) is 0. The Morgan fingerprint density at radius 3 is 1.94 bits per heavy atom. The number of nitrogens with zero attached hydrogens (tertiary/aromatic N) is 1. The molecule has 0 aliphatic carbocycles. The van der Waals surface area contributed by atoms with Gasteiger partial charge in [0.2, 0.25) is 0 Å². The summed E-state index contributed by atoms with van der Waals surface area (Å²) in [4.78, 5) is 2.35. The van der Waals surface area contributed by atoms with E-state index < -0.39 is 0 Å². The Balaban J connectivity index is 1.17. The molecule has 10 aromatic rings. The predicted molar refractivity (Wildman–Crippen MR) is 204 cm³/mol. The molecular formula is C46H29NO2. The van der Waals surface area contributed by atoms with Crippen LogP contribution in [0, 0.1) is 0 Å². The SMILES string of the molecule is c1ccc(N(c2ccc3ccccc3c2)c2ccc(-c3cccc(-c4ccc5oc6ccccc6c5c4)c3)c3oc4ccccc4c23)cc1. The summed E-state index contributed by atoms with van der Waals surface area (Å²) in [7, 11) is 0. The standard InChI is InChI=1S/C46H29NO2/c1-2-15-35(16-3-1)47(36-23-21-30-11-4-5-12-32(30)28-36)41-25-24-37(46-45(41)39-18-7-9-20-43(39)49-46)34-14-10-13-31(27-34)33-22-26-44-40(29-33)38-17-6-8-19-42(38)48-44/h1-29H. The molecule has 0 unspecified atom stereocenters. The van der Waals surface area contributed by atoms with Gasteiger partial charge >= 0.3 is 0 Å². The Labute approximate surface area is 282 Å². The zero-order valence-electron chi connectivity index (χ0n) is 26.5. The van der Waals surface area contributed by atoms with Crippen LogP contribution in [0.2, 0.25) is 0 Å². The van der Waals surface area contributed by atoms with Gasteiger partial charge in [0.1, 0.15) is 22.3 Å². The van der Waals surface area contributed by atoms with E-state index in [2.05, 4.69) is 163 Å². The summed E-state index contributed by atoms with van der Waals surface area (Å²) in [5.74, 6) is 0. The summed E-state index contributed by atoms with van der Waals surface area (Å²) in [5, 5.41) is 6.84. The van der Waals surface area contributed by atoms with E-state index in [1.165, 1.54) is 10.8 Å². The van der Waals surface area contributed by atoms with Gasteiger partial charge in [-0.15, -0.1) is 0 Å². The average Bonchev–Trinajstić information content (AvgIpc) is 3.74. The number of furan rings is 2. The number of rotatable bonds is 5. The minimum atomic E-state index is 0.867. The van der Waals surface area contributed by atoms with Gasteiger partial charge in [-0.1, -0.05) is 109 Å². The highest BCUT2D eigenvalue weighted by Gasteiger charge is 2.22. The summed E-state index contributed by atoms with van der Waals surface area (Å²) in [6.45, 7) is 0. The van der Waals surface area contributed by atoms with Crippen molar-refractivity contribution in [3.63, 3.8) is 0 Å². The summed E-state index contributed by atoms with van der Waals surface area (Å²) in [5.41, 5.74) is 11.2. The number of para-hydroxylation sites is 3. The van der Waals surface area contributed by atoms with Gasteiger partial charge < -0.3 is 13.7 Å². The molecule has 0 saturated heterocycles. The molecule has 0 fully saturated rings. The first-order valence-corrected chi connectivity index (χ1v) is 16.6. The molecule has 0 aliphatic rings. The molecule has 10 rings (SSSR count). The highest BCUT2D eigenvalue weighted by Crippen LogP contribution is 2.46. The van der Waals surface area contributed by atoms with E-state index in [-0.39, 0.29) is 0 Å². The lowest BCUT2D eigenvalue weighted by atomic mass is 9.96. The largest absolute Gasteiger partial charge is 0.456 e. The van der Waals surface area contributed by atoms with Crippen LogP contribution in [-0.2, 0) is 0 Å². The van der Waals surface area contributed by atoms with Crippen molar-refractivity contribution >= 4 is 71.7 Å². The predicted octanol–water partition coefficient (Wildman–Crippen LogP) is 13.4. The second kappa shape index (κ2) is 11.0. The Morgan fingerprint density at radius 2 is 1.06 bits per heavy atom. The average molecular weight is 628 g/mol. The number of anilines is 3. The molecular weight excluding hydrogens is 599 g/mol. The highest BCUT2D eigenvalue weighted by atomic mass is 16.3. The van der Waals surface area contributed by atoms with E-state index in [4.69, 9.17) is 8.83 Å².